The Morgan fingerprint density at radius 1 is 1.24 bits per heavy atom. The van der Waals surface area contributed by atoms with Crippen molar-refractivity contribution in [2.75, 3.05) is 11.1 Å². The van der Waals surface area contributed by atoms with Gasteiger partial charge in [0.15, 0.2) is 10.9 Å². The molecule has 0 bridgehead atoms. The van der Waals surface area contributed by atoms with E-state index in [9.17, 15) is 4.79 Å². The van der Waals surface area contributed by atoms with Crippen LogP contribution < -0.4 is 16.8 Å². The van der Waals surface area contributed by atoms with E-state index in [0.717, 1.165) is 10.2 Å². The molecule has 5 N–H and O–H groups in total. The maximum Gasteiger partial charge on any atom is 0.267 e. The van der Waals surface area contributed by atoms with Gasteiger partial charge in [-0.3, -0.25) is 4.79 Å². The van der Waals surface area contributed by atoms with E-state index in [4.69, 9.17) is 11.5 Å². The first-order valence-electron chi connectivity index (χ1n) is 6.23. The van der Waals surface area contributed by atoms with Crippen molar-refractivity contribution in [1.82, 2.24) is 9.97 Å². The molecule has 0 unspecified atom stereocenters. The molecular formula is C14H13N5OS. The first-order chi connectivity index (χ1) is 10.0. The summed E-state index contributed by atoms with van der Waals surface area (Å²) in [5.74, 6) is -0.222. The molecule has 6 nitrogen and oxygen atoms in total. The number of nitrogen functional groups attached to an aromatic ring is 1. The normalized spacial score (nSPS) is 10.7. The Morgan fingerprint density at radius 3 is 2.81 bits per heavy atom. The average molecular weight is 299 g/mol. The van der Waals surface area contributed by atoms with E-state index >= 15 is 0 Å². The third kappa shape index (κ3) is 2.63. The number of carbonyl (C=O) groups is 1. The summed E-state index contributed by atoms with van der Waals surface area (Å²) in [6, 6.07) is 9.11. The fourth-order valence-corrected chi connectivity index (χ4v) is 2.86. The van der Waals surface area contributed by atoms with Gasteiger partial charge >= 0.3 is 0 Å². The summed E-state index contributed by atoms with van der Waals surface area (Å²) >= 11 is 1.50. The smallest absolute Gasteiger partial charge is 0.267 e. The monoisotopic (exact) mass is 299 g/mol. The zero-order chi connectivity index (χ0) is 15.0. The molecule has 2 heterocycles. The molecule has 0 aliphatic heterocycles. The molecule has 0 radical (unpaired) electrons. The SMILES string of the molecule is Cc1ccc2nc(Nc3nc(C(N)=O)ccc3N)sc2c1. The number of thiazole rings is 1. The minimum absolute atomic E-state index is 0.156. The molecule has 0 aliphatic carbocycles. The third-order valence-corrected chi connectivity index (χ3v) is 3.88. The van der Waals surface area contributed by atoms with Crippen LogP contribution in [0.25, 0.3) is 10.2 Å². The Bertz CT molecular complexity index is 842. The summed E-state index contributed by atoms with van der Waals surface area (Å²) in [5.41, 5.74) is 13.7. The number of aromatic nitrogens is 2. The summed E-state index contributed by atoms with van der Waals surface area (Å²) in [5, 5.41) is 3.70. The van der Waals surface area contributed by atoms with Crippen molar-refractivity contribution in [3.05, 3.63) is 41.6 Å². The Morgan fingerprint density at radius 2 is 2.05 bits per heavy atom. The van der Waals surface area contributed by atoms with Gasteiger partial charge in [0.05, 0.1) is 15.9 Å². The molecule has 0 saturated heterocycles. The average Bonchev–Trinajstić information content (AvgIpc) is 2.82. The number of amides is 1. The van der Waals surface area contributed by atoms with Crippen molar-refractivity contribution in [1.29, 1.82) is 0 Å². The number of primary amides is 1. The Labute approximate surface area is 124 Å². The van der Waals surface area contributed by atoms with Gasteiger partial charge in [-0.1, -0.05) is 17.4 Å². The van der Waals surface area contributed by atoms with E-state index in [0.29, 0.717) is 16.6 Å². The van der Waals surface area contributed by atoms with E-state index in [1.807, 2.05) is 19.1 Å². The number of hydrogen-bond acceptors (Lipinski definition) is 6. The van der Waals surface area contributed by atoms with Crippen LogP contribution in [-0.4, -0.2) is 15.9 Å². The van der Waals surface area contributed by atoms with Gasteiger partial charge in [0, 0.05) is 0 Å². The highest BCUT2D eigenvalue weighted by atomic mass is 32.1. The van der Waals surface area contributed by atoms with Crippen LogP contribution >= 0.6 is 11.3 Å². The van der Waals surface area contributed by atoms with Gasteiger partial charge in [0.1, 0.15) is 5.69 Å². The number of fused-ring (bicyclic) bond motifs is 1. The van der Waals surface area contributed by atoms with Crippen molar-refractivity contribution >= 4 is 44.1 Å². The topological polar surface area (TPSA) is 107 Å². The maximum atomic E-state index is 11.2. The van der Waals surface area contributed by atoms with Gasteiger partial charge in [-0.05, 0) is 36.8 Å². The number of aryl methyl sites for hydroxylation is 1. The van der Waals surface area contributed by atoms with Crippen molar-refractivity contribution in [2.24, 2.45) is 5.73 Å². The molecule has 7 heteroatoms. The highest BCUT2D eigenvalue weighted by Crippen LogP contribution is 2.30. The third-order valence-electron chi connectivity index (χ3n) is 2.95. The maximum absolute atomic E-state index is 11.2. The standard InChI is InChI=1S/C14H13N5OS/c1-7-2-4-9-11(6-7)21-14(18-9)19-13-8(15)3-5-10(17-13)12(16)20/h2-6H,15H2,1H3,(H2,16,20)(H,17,18,19). The number of benzene rings is 1. The minimum atomic E-state index is -0.599. The molecular weight excluding hydrogens is 286 g/mol. The molecule has 2 aromatic heterocycles. The predicted molar refractivity (Wildman–Crippen MR) is 84.8 cm³/mol. The quantitative estimate of drug-likeness (QED) is 0.688. The van der Waals surface area contributed by atoms with Crippen LogP contribution in [0, 0.1) is 6.92 Å². The molecule has 0 saturated carbocycles. The van der Waals surface area contributed by atoms with E-state index in [1.165, 1.54) is 23.0 Å². The zero-order valence-electron chi connectivity index (χ0n) is 11.3. The van der Waals surface area contributed by atoms with Crippen LogP contribution in [0.2, 0.25) is 0 Å². The molecule has 21 heavy (non-hydrogen) atoms. The molecule has 3 rings (SSSR count). The highest BCUT2D eigenvalue weighted by Gasteiger charge is 2.10. The van der Waals surface area contributed by atoms with Crippen molar-refractivity contribution in [3.8, 4) is 0 Å². The molecule has 0 spiro atoms. The van der Waals surface area contributed by atoms with E-state index in [-0.39, 0.29) is 5.69 Å². The van der Waals surface area contributed by atoms with Gasteiger partial charge in [0.25, 0.3) is 5.91 Å². The predicted octanol–water partition coefficient (Wildman–Crippen LogP) is 2.42. The summed E-state index contributed by atoms with van der Waals surface area (Å²) in [4.78, 5) is 19.7. The largest absolute Gasteiger partial charge is 0.396 e. The lowest BCUT2D eigenvalue weighted by Crippen LogP contribution is -2.14. The molecule has 106 valence electrons. The van der Waals surface area contributed by atoms with Crippen LogP contribution in [0.4, 0.5) is 16.6 Å². The van der Waals surface area contributed by atoms with Crippen molar-refractivity contribution < 1.29 is 4.79 Å². The Hall–Kier alpha value is -2.67. The van der Waals surface area contributed by atoms with Crippen LogP contribution in [-0.2, 0) is 0 Å². The lowest BCUT2D eigenvalue weighted by Gasteiger charge is -2.06. The molecule has 3 aromatic rings. The van der Waals surface area contributed by atoms with Crippen molar-refractivity contribution in [2.45, 2.75) is 6.92 Å². The summed E-state index contributed by atoms with van der Waals surface area (Å²) in [6.45, 7) is 2.03. The van der Waals surface area contributed by atoms with Gasteiger partial charge in [-0.25, -0.2) is 9.97 Å². The van der Waals surface area contributed by atoms with E-state index in [2.05, 4.69) is 21.4 Å². The Kier molecular flexibility index (Phi) is 3.19. The van der Waals surface area contributed by atoms with Crippen LogP contribution in [0.1, 0.15) is 16.1 Å². The fourth-order valence-electron chi connectivity index (χ4n) is 1.89. The van der Waals surface area contributed by atoms with Gasteiger partial charge in [0.2, 0.25) is 0 Å². The molecule has 1 aromatic carbocycles. The Balaban J connectivity index is 1.98. The number of nitrogens with zero attached hydrogens (tertiary/aromatic N) is 2. The molecule has 0 atom stereocenters. The van der Waals surface area contributed by atoms with Gasteiger partial charge in [-0.15, -0.1) is 0 Å². The summed E-state index contributed by atoms with van der Waals surface area (Å²) in [6.07, 6.45) is 0. The van der Waals surface area contributed by atoms with Crippen LogP contribution in [0.15, 0.2) is 30.3 Å². The lowest BCUT2D eigenvalue weighted by atomic mass is 10.2. The first-order valence-corrected chi connectivity index (χ1v) is 7.05. The fraction of sp³-hybridized carbons (Fsp3) is 0.0714. The second kappa shape index (κ2) is 5.02. The van der Waals surface area contributed by atoms with Crippen LogP contribution in [0.5, 0.6) is 0 Å². The van der Waals surface area contributed by atoms with Crippen LogP contribution in [0.3, 0.4) is 0 Å². The van der Waals surface area contributed by atoms with Gasteiger partial charge < -0.3 is 16.8 Å². The zero-order valence-corrected chi connectivity index (χ0v) is 12.1. The minimum Gasteiger partial charge on any atom is -0.396 e. The summed E-state index contributed by atoms with van der Waals surface area (Å²) < 4.78 is 1.07. The molecule has 1 amide bonds. The highest BCUT2D eigenvalue weighted by molar-refractivity contribution is 7.22. The number of nitrogens with two attached hydrogens (primary N) is 2. The lowest BCUT2D eigenvalue weighted by molar-refractivity contribution is 0.0996. The second-order valence-corrected chi connectivity index (χ2v) is 5.64. The van der Waals surface area contributed by atoms with Gasteiger partial charge in [-0.2, -0.15) is 0 Å². The number of hydrogen-bond donors (Lipinski definition) is 3. The molecule has 0 fully saturated rings. The second-order valence-electron chi connectivity index (χ2n) is 4.61. The first kappa shape index (κ1) is 13.3. The number of rotatable bonds is 3. The number of pyridine rings is 1. The number of nitrogens with one attached hydrogen (secondary N) is 1. The van der Waals surface area contributed by atoms with E-state index in [1.54, 1.807) is 6.07 Å². The molecule has 0 aliphatic rings. The summed E-state index contributed by atoms with van der Waals surface area (Å²) in [7, 11) is 0. The van der Waals surface area contributed by atoms with E-state index < -0.39 is 5.91 Å². The number of carbonyl (C=O) groups excluding carboxylic acids is 1. The van der Waals surface area contributed by atoms with Crippen molar-refractivity contribution in [3.63, 3.8) is 0 Å². The number of anilines is 3.